The highest BCUT2D eigenvalue weighted by atomic mass is 35.5. The second kappa shape index (κ2) is 8.65. The zero-order chi connectivity index (χ0) is 21.0. The summed E-state index contributed by atoms with van der Waals surface area (Å²) in [4.78, 5) is 11.5. The fourth-order valence-electron chi connectivity index (χ4n) is 2.85. The molecule has 0 aromatic heterocycles. The number of ether oxygens (including phenoxy) is 1. The molecule has 2 N–H and O–H groups in total. The van der Waals surface area contributed by atoms with Crippen LogP contribution in [0.1, 0.15) is 15.9 Å². The van der Waals surface area contributed by atoms with E-state index in [9.17, 15) is 18.3 Å². The standard InChI is InChI=1S/C21H18ClNO5S/c1-28-13-14-9-17(22)12-18(10-14)29(26,27)23-20-11-16(7-8-19(20)21(24)25)15-5-3-2-4-6-15/h2-12,23H,13H2,1H3,(H,24,25). The van der Waals surface area contributed by atoms with Crippen LogP contribution < -0.4 is 4.72 Å². The molecule has 0 aliphatic rings. The predicted octanol–water partition coefficient (Wildman–Crippen LogP) is 4.65. The van der Waals surface area contributed by atoms with Gasteiger partial charge in [0.1, 0.15) is 0 Å². The fraction of sp³-hybridized carbons (Fsp3) is 0.0952. The van der Waals surface area contributed by atoms with Crippen molar-refractivity contribution in [3.05, 3.63) is 82.9 Å². The molecule has 0 fully saturated rings. The summed E-state index contributed by atoms with van der Waals surface area (Å²) >= 11 is 6.04. The fourth-order valence-corrected chi connectivity index (χ4v) is 4.34. The van der Waals surface area contributed by atoms with Crippen LogP contribution in [0, 0.1) is 0 Å². The molecular formula is C21H18ClNO5S. The summed E-state index contributed by atoms with van der Waals surface area (Å²) in [5, 5.41) is 9.71. The number of hydrogen-bond acceptors (Lipinski definition) is 4. The second-order valence-corrected chi connectivity index (χ2v) is 8.38. The first-order valence-electron chi connectivity index (χ1n) is 8.54. The topological polar surface area (TPSA) is 92.7 Å². The number of anilines is 1. The number of halogens is 1. The van der Waals surface area contributed by atoms with E-state index in [0.717, 1.165) is 5.56 Å². The summed E-state index contributed by atoms with van der Waals surface area (Å²) in [5.41, 5.74) is 1.89. The van der Waals surface area contributed by atoms with E-state index in [0.29, 0.717) is 11.1 Å². The molecular weight excluding hydrogens is 414 g/mol. The number of carbonyl (C=O) groups is 1. The van der Waals surface area contributed by atoms with Crippen molar-refractivity contribution in [3.8, 4) is 11.1 Å². The van der Waals surface area contributed by atoms with E-state index in [2.05, 4.69) is 4.72 Å². The van der Waals surface area contributed by atoms with E-state index >= 15 is 0 Å². The van der Waals surface area contributed by atoms with Crippen LogP contribution in [0.3, 0.4) is 0 Å². The third-order valence-corrected chi connectivity index (χ3v) is 5.72. The smallest absolute Gasteiger partial charge is 0.337 e. The lowest BCUT2D eigenvalue weighted by Gasteiger charge is -2.14. The van der Waals surface area contributed by atoms with Gasteiger partial charge in [0.25, 0.3) is 10.0 Å². The van der Waals surface area contributed by atoms with E-state index in [-0.39, 0.29) is 27.8 Å². The largest absolute Gasteiger partial charge is 0.478 e. The van der Waals surface area contributed by atoms with Gasteiger partial charge >= 0.3 is 5.97 Å². The number of methoxy groups -OCH3 is 1. The highest BCUT2D eigenvalue weighted by Crippen LogP contribution is 2.28. The Morgan fingerprint density at radius 3 is 2.41 bits per heavy atom. The van der Waals surface area contributed by atoms with Gasteiger partial charge in [-0.1, -0.05) is 48.0 Å². The van der Waals surface area contributed by atoms with Crippen molar-refractivity contribution in [1.82, 2.24) is 0 Å². The van der Waals surface area contributed by atoms with E-state index in [1.807, 2.05) is 30.3 Å². The van der Waals surface area contributed by atoms with Gasteiger partial charge < -0.3 is 9.84 Å². The minimum Gasteiger partial charge on any atom is -0.478 e. The number of carboxylic acids is 1. The summed E-state index contributed by atoms with van der Waals surface area (Å²) in [5.74, 6) is -1.24. The predicted molar refractivity (Wildman–Crippen MR) is 112 cm³/mol. The number of nitrogens with one attached hydrogen (secondary N) is 1. The molecule has 8 heteroatoms. The monoisotopic (exact) mass is 431 g/mol. The van der Waals surface area contributed by atoms with Crippen molar-refractivity contribution in [2.24, 2.45) is 0 Å². The van der Waals surface area contributed by atoms with Gasteiger partial charge in [-0.25, -0.2) is 13.2 Å². The van der Waals surface area contributed by atoms with Gasteiger partial charge in [0, 0.05) is 12.1 Å². The molecule has 6 nitrogen and oxygen atoms in total. The molecule has 0 aliphatic carbocycles. The van der Waals surface area contributed by atoms with Crippen LogP contribution in [0.15, 0.2) is 71.6 Å². The van der Waals surface area contributed by atoms with Gasteiger partial charge in [-0.2, -0.15) is 0 Å². The van der Waals surface area contributed by atoms with E-state index in [1.54, 1.807) is 12.1 Å². The average Bonchev–Trinajstić information content (AvgIpc) is 2.68. The Morgan fingerprint density at radius 1 is 1.03 bits per heavy atom. The Morgan fingerprint density at radius 2 is 1.76 bits per heavy atom. The van der Waals surface area contributed by atoms with Crippen LogP contribution in [0.4, 0.5) is 5.69 Å². The van der Waals surface area contributed by atoms with Crippen LogP contribution in [-0.4, -0.2) is 26.6 Å². The van der Waals surface area contributed by atoms with Crippen LogP contribution in [0.2, 0.25) is 5.02 Å². The quantitative estimate of drug-likeness (QED) is 0.567. The zero-order valence-electron chi connectivity index (χ0n) is 15.4. The Hall–Kier alpha value is -2.87. The van der Waals surface area contributed by atoms with Crippen molar-refractivity contribution in [2.75, 3.05) is 11.8 Å². The summed E-state index contributed by atoms with van der Waals surface area (Å²) in [6, 6.07) is 18.1. The first kappa shape index (κ1) is 20.9. The lowest BCUT2D eigenvalue weighted by Crippen LogP contribution is -2.16. The van der Waals surface area contributed by atoms with Crippen molar-refractivity contribution < 1.29 is 23.1 Å². The summed E-state index contributed by atoms with van der Waals surface area (Å²) in [7, 11) is -2.60. The van der Waals surface area contributed by atoms with Gasteiger partial charge in [-0.3, -0.25) is 4.72 Å². The van der Waals surface area contributed by atoms with Crippen LogP contribution in [0.25, 0.3) is 11.1 Å². The van der Waals surface area contributed by atoms with E-state index in [4.69, 9.17) is 16.3 Å². The minimum absolute atomic E-state index is 0.0351. The summed E-state index contributed by atoms with van der Waals surface area (Å²) < 4.78 is 33.3. The Balaban J connectivity index is 2.05. The van der Waals surface area contributed by atoms with Crippen LogP contribution in [-0.2, 0) is 21.4 Å². The normalized spacial score (nSPS) is 11.2. The Kier molecular flexibility index (Phi) is 6.22. The van der Waals surface area contributed by atoms with Gasteiger partial charge in [-0.05, 0) is 47.0 Å². The number of carboxylic acid groups (broad SMARTS) is 1. The van der Waals surface area contributed by atoms with Crippen molar-refractivity contribution in [1.29, 1.82) is 0 Å². The number of sulfonamides is 1. The second-order valence-electron chi connectivity index (χ2n) is 6.27. The molecule has 150 valence electrons. The molecule has 0 saturated heterocycles. The lowest BCUT2D eigenvalue weighted by atomic mass is 10.0. The van der Waals surface area contributed by atoms with E-state index < -0.39 is 16.0 Å². The molecule has 0 radical (unpaired) electrons. The highest BCUT2D eigenvalue weighted by molar-refractivity contribution is 7.92. The molecule has 0 amide bonds. The SMILES string of the molecule is COCc1cc(Cl)cc(S(=O)(=O)Nc2cc(-c3ccccc3)ccc2C(=O)O)c1. The summed E-state index contributed by atoms with van der Waals surface area (Å²) in [6.45, 7) is 0.187. The number of hydrogen-bond donors (Lipinski definition) is 2. The maximum Gasteiger partial charge on any atom is 0.337 e. The van der Waals surface area contributed by atoms with Gasteiger partial charge in [0.05, 0.1) is 22.8 Å². The van der Waals surface area contributed by atoms with E-state index in [1.165, 1.54) is 31.4 Å². The molecule has 0 atom stereocenters. The number of rotatable bonds is 7. The molecule has 0 spiro atoms. The van der Waals surface area contributed by atoms with Crippen molar-refractivity contribution in [2.45, 2.75) is 11.5 Å². The van der Waals surface area contributed by atoms with Crippen molar-refractivity contribution >= 4 is 33.3 Å². The third-order valence-electron chi connectivity index (χ3n) is 4.15. The van der Waals surface area contributed by atoms with Gasteiger partial charge in [-0.15, -0.1) is 0 Å². The first-order valence-corrected chi connectivity index (χ1v) is 10.4. The molecule has 0 unspecified atom stereocenters. The summed E-state index contributed by atoms with van der Waals surface area (Å²) in [6.07, 6.45) is 0. The first-order chi connectivity index (χ1) is 13.8. The molecule has 3 aromatic rings. The molecule has 0 bridgehead atoms. The Labute approximate surface area is 173 Å². The molecule has 0 saturated carbocycles. The highest BCUT2D eigenvalue weighted by Gasteiger charge is 2.20. The maximum absolute atomic E-state index is 12.9. The third kappa shape index (κ3) is 4.95. The van der Waals surface area contributed by atoms with Gasteiger partial charge in [0.2, 0.25) is 0 Å². The zero-order valence-corrected chi connectivity index (χ0v) is 17.0. The maximum atomic E-state index is 12.9. The molecule has 3 rings (SSSR count). The number of aromatic carboxylic acids is 1. The lowest BCUT2D eigenvalue weighted by molar-refractivity contribution is 0.0698. The minimum atomic E-state index is -4.08. The van der Waals surface area contributed by atoms with Crippen LogP contribution >= 0.6 is 11.6 Å². The molecule has 0 heterocycles. The van der Waals surface area contributed by atoms with Crippen molar-refractivity contribution in [3.63, 3.8) is 0 Å². The van der Waals surface area contributed by atoms with Crippen LogP contribution in [0.5, 0.6) is 0 Å². The molecule has 0 aliphatic heterocycles. The molecule has 3 aromatic carbocycles. The molecule has 29 heavy (non-hydrogen) atoms. The Bertz CT molecular complexity index is 1150. The van der Waals surface area contributed by atoms with Gasteiger partial charge in [0.15, 0.2) is 0 Å². The number of benzene rings is 3. The average molecular weight is 432 g/mol.